The molecule has 0 amide bonds. The molecule has 1 aromatic rings. The van der Waals surface area contributed by atoms with Gasteiger partial charge in [-0.15, -0.1) is 0 Å². The lowest BCUT2D eigenvalue weighted by molar-refractivity contribution is 0.0101. The van der Waals surface area contributed by atoms with Gasteiger partial charge in [-0.25, -0.2) is 4.39 Å². The highest BCUT2D eigenvalue weighted by Crippen LogP contribution is 2.22. The zero-order valence-electron chi connectivity index (χ0n) is 11.7. The van der Waals surface area contributed by atoms with Crippen LogP contribution in [0.25, 0.3) is 0 Å². The lowest BCUT2D eigenvalue weighted by atomic mass is 9.97. The first kappa shape index (κ1) is 14.4. The summed E-state index contributed by atoms with van der Waals surface area (Å²) in [6, 6.07) is 5.35. The van der Waals surface area contributed by atoms with E-state index < -0.39 is 0 Å². The van der Waals surface area contributed by atoms with Crippen molar-refractivity contribution >= 4 is 0 Å². The van der Waals surface area contributed by atoms with Gasteiger partial charge >= 0.3 is 0 Å². The monoisotopic (exact) mass is 266 g/mol. The summed E-state index contributed by atoms with van der Waals surface area (Å²) in [7, 11) is 1.76. The summed E-state index contributed by atoms with van der Waals surface area (Å²) in [5.41, 5.74) is 8.05. The fraction of sp³-hybridized carbons (Fsp3) is 0.600. The molecule has 0 aromatic heterocycles. The Morgan fingerprint density at radius 1 is 1.47 bits per heavy atom. The van der Waals surface area contributed by atoms with Gasteiger partial charge in [-0.05, 0) is 43.0 Å². The first-order valence-electron chi connectivity index (χ1n) is 6.86. The van der Waals surface area contributed by atoms with E-state index in [9.17, 15) is 4.39 Å². The number of methoxy groups -OCH3 is 1. The molecule has 0 spiro atoms. The van der Waals surface area contributed by atoms with Gasteiger partial charge in [0.15, 0.2) is 0 Å². The van der Waals surface area contributed by atoms with Gasteiger partial charge in [-0.1, -0.05) is 6.07 Å². The van der Waals surface area contributed by atoms with Gasteiger partial charge in [-0.2, -0.15) is 0 Å². The van der Waals surface area contributed by atoms with Crippen LogP contribution in [0, 0.1) is 12.7 Å². The maximum absolute atomic E-state index is 13.1. The molecule has 1 aromatic carbocycles. The van der Waals surface area contributed by atoms with Crippen LogP contribution < -0.4 is 5.73 Å². The summed E-state index contributed by atoms with van der Waals surface area (Å²) in [5, 5.41) is 0. The summed E-state index contributed by atoms with van der Waals surface area (Å²) in [5.74, 6) is -0.172. The fourth-order valence-corrected chi connectivity index (χ4v) is 2.79. The minimum Gasteiger partial charge on any atom is -0.381 e. The van der Waals surface area contributed by atoms with Crippen molar-refractivity contribution in [3.63, 3.8) is 0 Å². The SMILES string of the molecule is COC1CCN(Cc2ccc(F)cc2C)C(CN)C1. The molecular weight excluding hydrogens is 243 g/mol. The molecule has 3 nitrogen and oxygen atoms in total. The van der Waals surface area contributed by atoms with Gasteiger partial charge in [0.1, 0.15) is 5.82 Å². The number of hydrogen-bond acceptors (Lipinski definition) is 3. The molecule has 1 aliphatic rings. The Bertz CT molecular complexity index is 425. The number of nitrogens with two attached hydrogens (primary N) is 1. The van der Waals surface area contributed by atoms with Crippen LogP contribution in [0.1, 0.15) is 24.0 Å². The van der Waals surface area contributed by atoms with E-state index in [2.05, 4.69) is 4.90 Å². The topological polar surface area (TPSA) is 38.5 Å². The third kappa shape index (κ3) is 3.53. The predicted octanol–water partition coefficient (Wildman–Crippen LogP) is 2.07. The van der Waals surface area contributed by atoms with Gasteiger partial charge in [0.25, 0.3) is 0 Å². The highest BCUT2D eigenvalue weighted by molar-refractivity contribution is 5.26. The number of nitrogens with zero attached hydrogens (tertiary/aromatic N) is 1. The molecule has 2 atom stereocenters. The summed E-state index contributed by atoms with van der Waals surface area (Å²) < 4.78 is 18.5. The Balaban J connectivity index is 2.05. The van der Waals surface area contributed by atoms with Crippen molar-refractivity contribution in [3.8, 4) is 0 Å². The number of piperidine rings is 1. The summed E-state index contributed by atoms with van der Waals surface area (Å²) >= 11 is 0. The molecule has 0 aliphatic carbocycles. The van der Waals surface area contributed by atoms with Crippen molar-refractivity contribution in [1.29, 1.82) is 0 Å². The molecule has 19 heavy (non-hydrogen) atoms. The van der Waals surface area contributed by atoms with Crippen LogP contribution >= 0.6 is 0 Å². The lowest BCUT2D eigenvalue weighted by Gasteiger charge is -2.38. The summed E-state index contributed by atoms with van der Waals surface area (Å²) in [6.07, 6.45) is 2.33. The maximum atomic E-state index is 13.1. The van der Waals surface area contributed by atoms with Crippen LogP contribution in [0.3, 0.4) is 0 Å². The van der Waals surface area contributed by atoms with E-state index in [-0.39, 0.29) is 5.82 Å². The van der Waals surface area contributed by atoms with Crippen molar-refractivity contribution in [2.75, 3.05) is 20.2 Å². The lowest BCUT2D eigenvalue weighted by Crippen LogP contribution is -2.48. The fourth-order valence-electron chi connectivity index (χ4n) is 2.79. The highest BCUT2D eigenvalue weighted by Gasteiger charge is 2.27. The zero-order chi connectivity index (χ0) is 13.8. The van der Waals surface area contributed by atoms with Crippen LogP contribution in [0.5, 0.6) is 0 Å². The van der Waals surface area contributed by atoms with Crippen LogP contribution in [0.2, 0.25) is 0 Å². The predicted molar refractivity (Wildman–Crippen MR) is 74.4 cm³/mol. The number of hydrogen-bond donors (Lipinski definition) is 1. The molecule has 0 bridgehead atoms. The van der Waals surface area contributed by atoms with E-state index >= 15 is 0 Å². The van der Waals surface area contributed by atoms with Gasteiger partial charge in [-0.3, -0.25) is 4.90 Å². The Labute approximate surface area is 114 Å². The smallest absolute Gasteiger partial charge is 0.123 e. The minimum absolute atomic E-state index is 0.172. The second-order valence-corrected chi connectivity index (χ2v) is 5.31. The first-order valence-corrected chi connectivity index (χ1v) is 6.86. The van der Waals surface area contributed by atoms with E-state index in [0.29, 0.717) is 18.7 Å². The summed E-state index contributed by atoms with van der Waals surface area (Å²) in [4.78, 5) is 2.38. The van der Waals surface area contributed by atoms with Crippen molar-refractivity contribution < 1.29 is 9.13 Å². The number of rotatable bonds is 4. The molecule has 4 heteroatoms. The Morgan fingerprint density at radius 3 is 2.89 bits per heavy atom. The molecule has 0 saturated carbocycles. The van der Waals surface area contributed by atoms with E-state index in [1.807, 2.05) is 13.0 Å². The Morgan fingerprint density at radius 2 is 2.26 bits per heavy atom. The number of benzene rings is 1. The second-order valence-electron chi connectivity index (χ2n) is 5.31. The van der Waals surface area contributed by atoms with Gasteiger partial charge in [0.05, 0.1) is 6.10 Å². The van der Waals surface area contributed by atoms with Gasteiger partial charge in [0, 0.05) is 32.8 Å². The average molecular weight is 266 g/mol. The second kappa shape index (κ2) is 6.46. The Hall–Kier alpha value is -0.970. The first-order chi connectivity index (χ1) is 9.13. The van der Waals surface area contributed by atoms with Gasteiger partial charge < -0.3 is 10.5 Å². The molecule has 1 heterocycles. The standard InChI is InChI=1S/C15H23FN2O/c1-11-7-13(16)4-3-12(11)10-18-6-5-15(19-2)8-14(18)9-17/h3-4,7,14-15H,5-6,8-10,17H2,1-2H3. The third-order valence-corrected chi connectivity index (χ3v) is 4.07. The maximum Gasteiger partial charge on any atom is 0.123 e. The van der Waals surface area contributed by atoms with Crippen molar-refractivity contribution in [2.24, 2.45) is 5.73 Å². The molecule has 0 radical (unpaired) electrons. The van der Waals surface area contributed by atoms with Crippen LogP contribution in [-0.4, -0.2) is 37.2 Å². The number of aryl methyl sites for hydroxylation is 1. The van der Waals surface area contributed by atoms with Crippen LogP contribution in [0.15, 0.2) is 18.2 Å². The van der Waals surface area contributed by atoms with E-state index in [1.54, 1.807) is 13.2 Å². The van der Waals surface area contributed by atoms with E-state index in [1.165, 1.54) is 11.6 Å². The van der Waals surface area contributed by atoms with E-state index in [4.69, 9.17) is 10.5 Å². The molecule has 1 aliphatic heterocycles. The molecule has 2 unspecified atom stereocenters. The molecule has 1 saturated heterocycles. The average Bonchev–Trinajstić information content (AvgIpc) is 2.42. The Kier molecular flexibility index (Phi) is 4.91. The molecule has 1 fully saturated rings. The number of halogens is 1. The zero-order valence-corrected chi connectivity index (χ0v) is 11.7. The summed E-state index contributed by atoms with van der Waals surface area (Å²) in [6.45, 7) is 4.42. The largest absolute Gasteiger partial charge is 0.381 e. The molecule has 2 N–H and O–H groups in total. The third-order valence-electron chi connectivity index (χ3n) is 4.07. The molecule has 2 rings (SSSR count). The molecule has 106 valence electrons. The highest BCUT2D eigenvalue weighted by atomic mass is 19.1. The van der Waals surface area contributed by atoms with Crippen molar-refractivity contribution in [3.05, 3.63) is 35.1 Å². The minimum atomic E-state index is -0.172. The van der Waals surface area contributed by atoms with Crippen LogP contribution in [-0.2, 0) is 11.3 Å². The van der Waals surface area contributed by atoms with Crippen LogP contribution in [0.4, 0.5) is 4.39 Å². The van der Waals surface area contributed by atoms with Gasteiger partial charge in [0.2, 0.25) is 0 Å². The van der Waals surface area contributed by atoms with Crippen molar-refractivity contribution in [2.45, 2.75) is 38.5 Å². The quantitative estimate of drug-likeness (QED) is 0.906. The number of ether oxygens (including phenoxy) is 1. The molecular formula is C15H23FN2O. The number of likely N-dealkylation sites (tertiary alicyclic amines) is 1. The normalized spacial score (nSPS) is 24.6. The van der Waals surface area contributed by atoms with E-state index in [0.717, 1.165) is 31.5 Å². The van der Waals surface area contributed by atoms with Crippen molar-refractivity contribution in [1.82, 2.24) is 4.90 Å².